The molecule has 0 saturated heterocycles. The summed E-state index contributed by atoms with van der Waals surface area (Å²) >= 11 is 0. The van der Waals surface area contributed by atoms with Crippen molar-refractivity contribution < 1.29 is 14.7 Å². The van der Waals surface area contributed by atoms with Crippen LogP contribution in [0.2, 0.25) is 0 Å². The number of aromatic nitrogens is 1. The minimum Gasteiger partial charge on any atom is -0.481 e. The standard InChI is InChI=1S/C16H22N2O3/c19-15(14-8-3-9-18(14)12-5-2-6-12)17-10-11-4-1-7-13(11)16(20)21/h3,8-9,11-13H,1-2,4-7,10H2,(H,17,19)(H,20,21). The van der Waals surface area contributed by atoms with Gasteiger partial charge in [0.15, 0.2) is 0 Å². The number of carbonyl (C=O) groups excluding carboxylic acids is 1. The number of rotatable bonds is 5. The number of nitrogens with zero attached hydrogens (tertiary/aromatic N) is 1. The van der Waals surface area contributed by atoms with Crippen molar-refractivity contribution in [2.45, 2.75) is 44.6 Å². The Bertz CT molecular complexity index is 533. The van der Waals surface area contributed by atoms with E-state index >= 15 is 0 Å². The lowest BCUT2D eigenvalue weighted by Crippen LogP contribution is -2.34. The molecule has 1 amide bonds. The van der Waals surface area contributed by atoms with Gasteiger partial charge in [-0.3, -0.25) is 9.59 Å². The van der Waals surface area contributed by atoms with Crippen LogP contribution in [0.5, 0.6) is 0 Å². The van der Waals surface area contributed by atoms with Crippen LogP contribution in [-0.4, -0.2) is 28.1 Å². The van der Waals surface area contributed by atoms with Crippen molar-refractivity contribution >= 4 is 11.9 Å². The summed E-state index contributed by atoms with van der Waals surface area (Å²) < 4.78 is 2.06. The first-order valence-electron chi connectivity index (χ1n) is 7.84. The Hall–Kier alpha value is -1.78. The molecule has 0 aliphatic heterocycles. The van der Waals surface area contributed by atoms with Gasteiger partial charge in [0.05, 0.1) is 5.92 Å². The normalized spacial score (nSPS) is 25.5. The van der Waals surface area contributed by atoms with Crippen LogP contribution >= 0.6 is 0 Å². The van der Waals surface area contributed by atoms with Crippen molar-refractivity contribution in [3.63, 3.8) is 0 Å². The van der Waals surface area contributed by atoms with Crippen molar-refractivity contribution in [3.05, 3.63) is 24.0 Å². The number of hydrogen-bond donors (Lipinski definition) is 2. The predicted octanol–water partition coefficient (Wildman–Crippen LogP) is 2.44. The molecule has 0 bridgehead atoms. The zero-order chi connectivity index (χ0) is 14.8. The minimum atomic E-state index is -0.732. The molecule has 5 nitrogen and oxygen atoms in total. The molecule has 3 rings (SSSR count). The maximum absolute atomic E-state index is 12.3. The largest absolute Gasteiger partial charge is 0.481 e. The third-order valence-electron chi connectivity index (χ3n) is 4.98. The van der Waals surface area contributed by atoms with E-state index in [4.69, 9.17) is 0 Å². The minimum absolute atomic E-state index is 0.0681. The summed E-state index contributed by atoms with van der Waals surface area (Å²) in [7, 11) is 0. The van der Waals surface area contributed by atoms with Crippen molar-refractivity contribution in [2.24, 2.45) is 11.8 Å². The second-order valence-electron chi connectivity index (χ2n) is 6.23. The Balaban J connectivity index is 1.59. The molecule has 2 aliphatic rings. The molecular formula is C16H22N2O3. The van der Waals surface area contributed by atoms with Gasteiger partial charge in [-0.25, -0.2) is 0 Å². The molecule has 2 fully saturated rings. The van der Waals surface area contributed by atoms with Gasteiger partial charge in [-0.15, -0.1) is 0 Å². The fourth-order valence-electron chi connectivity index (χ4n) is 3.49. The monoisotopic (exact) mass is 290 g/mol. The zero-order valence-electron chi connectivity index (χ0n) is 12.1. The van der Waals surface area contributed by atoms with Gasteiger partial charge in [-0.05, 0) is 50.2 Å². The average Bonchev–Trinajstić information content (AvgIpc) is 3.02. The van der Waals surface area contributed by atoms with Gasteiger partial charge in [-0.2, -0.15) is 0 Å². The summed E-state index contributed by atoms with van der Waals surface area (Å²) in [4.78, 5) is 23.5. The van der Waals surface area contributed by atoms with Crippen molar-refractivity contribution in [1.82, 2.24) is 9.88 Å². The van der Waals surface area contributed by atoms with Gasteiger partial charge < -0.3 is 15.0 Å². The maximum Gasteiger partial charge on any atom is 0.306 e. The first-order chi connectivity index (χ1) is 10.2. The summed E-state index contributed by atoms with van der Waals surface area (Å²) in [5.74, 6) is -1.05. The lowest BCUT2D eigenvalue weighted by atomic mass is 9.93. The van der Waals surface area contributed by atoms with Gasteiger partial charge in [0.2, 0.25) is 0 Å². The summed E-state index contributed by atoms with van der Waals surface area (Å²) in [6, 6.07) is 4.21. The van der Waals surface area contributed by atoms with Crippen LogP contribution in [0.25, 0.3) is 0 Å². The van der Waals surface area contributed by atoms with E-state index < -0.39 is 5.97 Å². The third-order valence-corrected chi connectivity index (χ3v) is 4.98. The molecule has 5 heteroatoms. The highest BCUT2D eigenvalue weighted by Gasteiger charge is 2.33. The predicted molar refractivity (Wildman–Crippen MR) is 78.1 cm³/mol. The average molecular weight is 290 g/mol. The van der Waals surface area contributed by atoms with E-state index in [1.54, 1.807) is 0 Å². The summed E-state index contributed by atoms with van der Waals surface area (Å²) in [6.45, 7) is 0.464. The fourth-order valence-corrected chi connectivity index (χ4v) is 3.49. The quantitative estimate of drug-likeness (QED) is 0.875. The highest BCUT2D eigenvalue weighted by Crippen LogP contribution is 2.33. The molecule has 2 N–H and O–H groups in total. The molecule has 2 atom stereocenters. The number of carboxylic acid groups (broad SMARTS) is 1. The van der Waals surface area contributed by atoms with Crippen molar-refractivity contribution in [3.8, 4) is 0 Å². The number of carbonyl (C=O) groups is 2. The van der Waals surface area contributed by atoms with E-state index in [1.165, 1.54) is 6.42 Å². The summed E-state index contributed by atoms with van der Waals surface area (Å²) in [5, 5.41) is 12.1. The van der Waals surface area contributed by atoms with E-state index in [9.17, 15) is 14.7 Å². The van der Waals surface area contributed by atoms with Crippen LogP contribution < -0.4 is 5.32 Å². The Morgan fingerprint density at radius 2 is 2.00 bits per heavy atom. The van der Waals surface area contributed by atoms with E-state index in [1.807, 2.05) is 18.3 Å². The number of aliphatic carboxylic acids is 1. The molecule has 2 unspecified atom stereocenters. The molecule has 1 heterocycles. The number of amides is 1. The van der Waals surface area contributed by atoms with Crippen LogP contribution in [0.1, 0.15) is 55.1 Å². The second kappa shape index (κ2) is 5.92. The van der Waals surface area contributed by atoms with E-state index in [2.05, 4.69) is 9.88 Å². The van der Waals surface area contributed by atoms with Crippen LogP contribution in [0.4, 0.5) is 0 Å². The SMILES string of the molecule is O=C(NCC1CCCC1C(=O)O)c1cccn1C1CCC1. The van der Waals surface area contributed by atoms with Crippen LogP contribution in [0.15, 0.2) is 18.3 Å². The molecule has 1 aromatic heterocycles. The molecule has 2 saturated carbocycles. The van der Waals surface area contributed by atoms with Crippen molar-refractivity contribution in [1.29, 1.82) is 0 Å². The molecule has 114 valence electrons. The molecule has 0 aromatic carbocycles. The Morgan fingerprint density at radius 3 is 2.67 bits per heavy atom. The number of hydrogen-bond acceptors (Lipinski definition) is 2. The lowest BCUT2D eigenvalue weighted by molar-refractivity contribution is -0.142. The Labute approximate surface area is 124 Å². The molecule has 0 radical (unpaired) electrons. The number of carboxylic acids is 1. The van der Waals surface area contributed by atoms with Crippen LogP contribution in [-0.2, 0) is 4.79 Å². The van der Waals surface area contributed by atoms with Crippen LogP contribution in [0, 0.1) is 11.8 Å². The second-order valence-corrected chi connectivity index (χ2v) is 6.23. The Kier molecular flexibility index (Phi) is 3.99. The topological polar surface area (TPSA) is 71.3 Å². The molecular weight excluding hydrogens is 268 g/mol. The van der Waals surface area contributed by atoms with Gasteiger partial charge >= 0.3 is 5.97 Å². The maximum atomic E-state index is 12.3. The van der Waals surface area contributed by atoms with E-state index in [-0.39, 0.29) is 17.7 Å². The van der Waals surface area contributed by atoms with E-state index in [0.29, 0.717) is 18.3 Å². The number of nitrogens with one attached hydrogen (secondary N) is 1. The summed E-state index contributed by atoms with van der Waals surface area (Å²) in [5.41, 5.74) is 0.699. The third kappa shape index (κ3) is 2.82. The molecule has 2 aliphatic carbocycles. The first kappa shape index (κ1) is 14.2. The molecule has 0 spiro atoms. The highest BCUT2D eigenvalue weighted by atomic mass is 16.4. The summed E-state index contributed by atoms with van der Waals surface area (Å²) in [6.07, 6.45) is 8.03. The molecule has 1 aromatic rings. The van der Waals surface area contributed by atoms with Gasteiger partial charge in [0.25, 0.3) is 5.91 Å². The highest BCUT2D eigenvalue weighted by molar-refractivity contribution is 5.92. The fraction of sp³-hybridized carbons (Fsp3) is 0.625. The van der Waals surface area contributed by atoms with E-state index in [0.717, 1.165) is 32.1 Å². The lowest BCUT2D eigenvalue weighted by Gasteiger charge is -2.29. The van der Waals surface area contributed by atoms with Gasteiger partial charge in [-0.1, -0.05) is 6.42 Å². The zero-order valence-corrected chi connectivity index (χ0v) is 12.1. The first-order valence-corrected chi connectivity index (χ1v) is 7.84. The Morgan fingerprint density at radius 1 is 1.24 bits per heavy atom. The molecule has 21 heavy (non-hydrogen) atoms. The van der Waals surface area contributed by atoms with Crippen molar-refractivity contribution in [2.75, 3.05) is 6.54 Å². The smallest absolute Gasteiger partial charge is 0.306 e. The van der Waals surface area contributed by atoms with Gasteiger partial charge in [0.1, 0.15) is 5.69 Å². The van der Waals surface area contributed by atoms with Crippen LogP contribution in [0.3, 0.4) is 0 Å². The van der Waals surface area contributed by atoms with Gasteiger partial charge in [0, 0.05) is 18.8 Å².